The number of hydrogen-bond donors (Lipinski definition) is 0. The van der Waals surface area contributed by atoms with Gasteiger partial charge >= 0.3 is 0 Å². The molecule has 27 heavy (non-hydrogen) atoms. The molecule has 2 aromatic carbocycles. The zero-order valence-electron chi connectivity index (χ0n) is 14.8. The van der Waals surface area contributed by atoms with E-state index >= 15 is 0 Å². The summed E-state index contributed by atoms with van der Waals surface area (Å²) in [6, 6.07) is 13.6. The molecule has 5 rings (SSSR count). The monoisotopic (exact) mass is 370 g/mol. The van der Waals surface area contributed by atoms with E-state index in [9.17, 15) is 13.6 Å². The molecule has 3 aliphatic rings. The van der Waals surface area contributed by atoms with E-state index in [0.29, 0.717) is 25.9 Å². The van der Waals surface area contributed by atoms with E-state index in [1.807, 2.05) is 40.1 Å². The lowest BCUT2D eigenvalue weighted by atomic mass is 10.1. The van der Waals surface area contributed by atoms with Crippen LogP contribution in [-0.2, 0) is 16.1 Å². The lowest BCUT2D eigenvalue weighted by Gasteiger charge is -2.32. The molecule has 3 aliphatic heterocycles. The van der Waals surface area contributed by atoms with Gasteiger partial charge in [0.1, 0.15) is 17.7 Å². The van der Waals surface area contributed by atoms with Gasteiger partial charge in [0.2, 0.25) is 5.91 Å². The number of likely N-dealkylation sites (tertiary alicyclic amines) is 1. The van der Waals surface area contributed by atoms with Crippen LogP contribution in [0.4, 0.5) is 8.78 Å². The average Bonchev–Trinajstić information content (AvgIpc) is 3.28. The van der Waals surface area contributed by atoms with Crippen molar-refractivity contribution in [3.63, 3.8) is 0 Å². The molecule has 0 unspecified atom stereocenters. The smallest absolute Gasteiger partial charge is 0.226 e. The largest absolute Gasteiger partial charge is 0.344 e. The highest BCUT2D eigenvalue weighted by atomic mass is 19.1. The van der Waals surface area contributed by atoms with Crippen molar-refractivity contribution >= 4 is 5.91 Å². The molecule has 6 heteroatoms. The topological polar surface area (TPSA) is 32.8 Å². The molecule has 140 valence electrons. The van der Waals surface area contributed by atoms with Crippen molar-refractivity contribution in [3.05, 3.63) is 71.3 Å². The molecule has 0 aromatic heterocycles. The second-order valence-corrected chi connectivity index (χ2v) is 7.51. The summed E-state index contributed by atoms with van der Waals surface area (Å²) in [5.41, 5.74) is 0.420. The van der Waals surface area contributed by atoms with E-state index in [4.69, 9.17) is 4.74 Å². The maximum atomic E-state index is 14.1. The minimum atomic E-state index is -0.681. The Morgan fingerprint density at radius 1 is 1.07 bits per heavy atom. The minimum absolute atomic E-state index is 0.0529. The standard InChI is InChI=1S/C21H20F2N2O2/c22-16-7-4-8-17(23)15(16)12-24-10-9-21-19(24)11-20(26)25(21)13-18(27-21)14-5-2-1-3-6-14/h1-8,18-19H,9-13H2/t18-,19-,21+/m1/s1. The quantitative estimate of drug-likeness (QED) is 0.832. The maximum absolute atomic E-state index is 14.1. The minimum Gasteiger partial charge on any atom is -0.344 e. The predicted molar refractivity (Wildman–Crippen MR) is 94.5 cm³/mol. The highest BCUT2D eigenvalue weighted by Crippen LogP contribution is 2.50. The number of amides is 1. The maximum Gasteiger partial charge on any atom is 0.226 e. The second kappa shape index (κ2) is 6.11. The first-order valence-electron chi connectivity index (χ1n) is 9.29. The van der Waals surface area contributed by atoms with Crippen molar-refractivity contribution < 1.29 is 18.3 Å². The van der Waals surface area contributed by atoms with Gasteiger partial charge in [-0.15, -0.1) is 0 Å². The Kier molecular flexibility index (Phi) is 3.81. The number of benzene rings is 2. The Morgan fingerprint density at radius 2 is 1.81 bits per heavy atom. The molecule has 1 amide bonds. The number of hydrogen-bond acceptors (Lipinski definition) is 3. The van der Waals surface area contributed by atoms with Crippen LogP contribution in [0.15, 0.2) is 48.5 Å². The summed E-state index contributed by atoms with van der Waals surface area (Å²) in [5.74, 6) is -1.05. The summed E-state index contributed by atoms with van der Waals surface area (Å²) in [6.07, 6.45) is 0.823. The molecular formula is C21H20F2N2O2. The number of halogens is 2. The predicted octanol–water partition coefficient (Wildman–Crippen LogP) is 3.24. The van der Waals surface area contributed by atoms with Gasteiger partial charge in [0.15, 0.2) is 5.72 Å². The van der Waals surface area contributed by atoms with Crippen LogP contribution in [0, 0.1) is 11.6 Å². The van der Waals surface area contributed by atoms with E-state index in [1.54, 1.807) is 0 Å². The first-order chi connectivity index (χ1) is 13.1. The highest BCUT2D eigenvalue weighted by molar-refractivity contribution is 5.81. The highest BCUT2D eigenvalue weighted by Gasteiger charge is 2.63. The Hall–Kier alpha value is -2.31. The van der Waals surface area contributed by atoms with Crippen molar-refractivity contribution in [1.82, 2.24) is 9.80 Å². The summed E-state index contributed by atoms with van der Waals surface area (Å²) in [5, 5.41) is 0. The van der Waals surface area contributed by atoms with Crippen LogP contribution >= 0.6 is 0 Å². The zero-order valence-corrected chi connectivity index (χ0v) is 14.8. The van der Waals surface area contributed by atoms with Gasteiger partial charge in [-0.3, -0.25) is 9.69 Å². The lowest BCUT2D eigenvalue weighted by Crippen LogP contribution is -2.47. The van der Waals surface area contributed by atoms with Crippen LogP contribution in [0.5, 0.6) is 0 Å². The number of rotatable bonds is 3. The first-order valence-corrected chi connectivity index (χ1v) is 9.29. The van der Waals surface area contributed by atoms with E-state index in [1.165, 1.54) is 18.2 Å². The van der Waals surface area contributed by atoms with Gasteiger partial charge < -0.3 is 9.64 Å². The van der Waals surface area contributed by atoms with Crippen molar-refractivity contribution in [2.75, 3.05) is 13.1 Å². The van der Waals surface area contributed by atoms with Gasteiger partial charge in [0.05, 0.1) is 12.6 Å². The number of nitrogens with zero attached hydrogens (tertiary/aromatic N) is 2. The Labute approximate surface area is 156 Å². The second-order valence-electron chi connectivity index (χ2n) is 7.51. The molecule has 3 fully saturated rings. The van der Waals surface area contributed by atoms with Gasteiger partial charge in [0.25, 0.3) is 0 Å². The zero-order chi connectivity index (χ0) is 18.6. The summed E-state index contributed by atoms with van der Waals surface area (Å²) in [4.78, 5) is 16.5. The molecule has 3 saturated heterocycles. The number of carbonyl (C=O) groups excluding carboxylic acids is 1. The first kappa shape index (κ1) is 16.8. The third-order valence-corrected chi connectivity index (χ3v) is 6.13. The molecule has 3 atom stereocenters. The SMILES string of the molecule is O=C1C[C@H]2N(Cc3c(F)cccc3F)CC[C@]23O[C@@H](c2ccccc2)CN13. The third-order valence-electron chi connectivity index (χ3n) is 6.13. The molecule has 1 spiro atoms. The molecule has 0 bridgehead atoms. The normalized spacial score (nSPS) is 30.0. The van der Waals surface area contributed by atoms with Crippen LogP contribution in [0.3, 0.4) is 0 Å². The Balaban J connectivity index is 1.43. The summed E-state index contributed by atoms with van der Waals surface area (Å²) in [7, 11) is 0. The van der Waals surface area contributed by atoms with Crippen molar-refractivity contribution in [2.45, 2.75) is 37.3 Å². The molecule has 4 nitrogen and oxygen atoms in total. The molecule has 0 radical (unpaired) electrons. The fraction of sp³-hybridized carbons (Fsp3) is 0.381. The van der Waals surface area contributed by atoms with Crippen molar-refractivity contribution in [2.24, 2.45) is 0 Å². The van der Waals surface area contributed by atoms with E-state index in [-0.39, 0.29) is 30.2 Å². The van der Waals surface area contributed by atoms with Gasteiger partial charge in [-0.1, -0.05) is 36.4 Å². The molecular weight excluding hydrogens is 350 g/mol. The lowest BCUT2D eigenvalue weighted by molar-refractivity contribution is -0.138. The van der Waals surface area contributed by atoms with E-state index in [0.717, 1.165) is 5.56 Å². The van der Waals surface area contributed by atoms with Gasteiger partial charge in [-0.25, -0.2) is 8.78 Å². The third kappa shape index (κ3) is 2.51. The van der Waals surface area contributed by atoms with E-state index < -0.39 is 17.4 Å². The number of carbonyl (C=O) groups is 1. The summed E-state index contributed by atoms with van der Waals surface area (Å²) < 4.78 is 34.7. The van der Waals surface area contributed by atoms with Crippen LogP contribution in [0.25, 0.3) is 0 Å². The van der Waals surface area contributed by atoms with Gasteiger partial charge in [-0.05, 0) is 17.7 Å². The fourth-order valence-electron chi connectivity index (χ4n) is 4.83. The summed E-state index contributed by atoms with van der Waals surface area (Å²) in [6.45, 7) is 1.32. The van der Waals surface area contributed by atoms with Crippen LogP contribution < -0.4 is 0 Å². The Morgan fingerprint density at radius 3 is 2.56 bits per heavy atom. The van der Waals surface area contributed by atoms with E-state index in [2.05, 4.69) is 0 Å². The molecule has 0 saturated carbocycles. The van der Waals surface area contributed by atoms with Gasteiger partial charge in [-0.2, -0.15) is 0 Å². The van der Waals surface area contributed by atoms with Crippen molar-refractivity contribution in [3.8, 4) is 0 Å². The van der Waals surface area contributed by atoms with Crippen LogP contribution in [-0.4, -0.2) is 40.6 Å². The molecule has 2 aromatic rings. The van der Waals surface area contributed by atoms with Crippen LogP contribution in [0.1, 0.15) is 30.1 Å². The number of ether oxygens (including phenoxy) is 1. The Bertz CT molecular complexity index is 871. The van der Waals surface area contributed by atoms with Gasteiger partial charge in [0, 0.05) is 31.5 Å². The summed E-state index contributed by atoms with van der Waals surface area (Å²) >= 11 is 0. The van der Waals surface area contributed by atoms with Crippen LogP contribution in [0.2, 0.25) is 0 Å². The van der Waals surface area contributed by atoms with Crippen molar-refractivity contribution in [1.29, 1.82) is 0 Å². The molecule has 0 aliphatic carbocycles. The molecule has 0 N–H and O–H groups in total. The average molecular weight is 370 g/mol. The fourth-order valence-corrected chi connectivity index (χ4v) is 4.83. The molecule has 3 heterocycles.